The van der Waals surface area contributed by atoms with Crippen molar-refractivity contribution in [3.8, 4) is 23.0 Å². The average Bonchev–Trinajstić information content (AvgIpc) is 0.768. The maximum atomic E-state index is 15.4. The second-order valence-corrected chi connectivity index (χ2v) is 26.6. The number of carbonyl (C=O) groups is 2. The molecular weight excluding hydrogens is 1360 g/mol. The Kier molecular flexibility index (Phi) is 27.0. The fourth-order valence-corrected chi connectivity index (χ4v) is 13.1. The molecule has 11 aromatic rings. The van der Waals surface area contributed by atoms with Crippen LogP contribution in [-0.4, -0.2) is 91.7 Å². The summed E-state index contributed by atoms with van der Waals surface area (Å²) in [6.07, 6.45) is -11.9. The molecule has 0 aliphatic carbocycles. The molecule has 0 aromatic heterocycles. The van der Waals surface area contributed by atoms with E-state index in [-0.39, 0.29) is 82.1 Å². The van der Waals surface area contributed by atoms with Crippen LogP contribution >= 0.6 is 0 Å². The van der Waals surface area contributed by atoms with E-state index in [1.807, 2.05) is 280 Å². The van der Waals surface area contributed by atoms with E-state index in [1.54, 1.807) is 25.1 Å². The van der Waals surface area contributed by atoms with Gasteiger partial charge < -0.3 is 71.4 Å². The largest absolute Gasteiger partial charge is 0.507 e. The molecule has 2 aliphatic heterocycles. The first-order valence-corrected chi connectivity index (χ1v) is 36.3. The zero-order valence-corrected chi connectivity index (χ0v) is 60.3. The zero-order valence-electron chi connectivity index (χ0n) is 60.3. The van der Waals surface area contributed by atoms with Crippen molar-refractivity contribution in [2.75, 3.05) is 13.2 Å². The number of hydrogen-bond acceptors (Lipinski definition) is 17. The third-order valence-electron chi connectivity index (χ3n) is 18.6. The van der Waals surface area contributed by atoms with Crippen LogP contribution in [0.15, 0.2) is 297 Å². The van der Waals surface area contributed by atoms with Crippen LogP contribution in [-0.2, 0) is 112 Å². The summed E-state index contributed by atoms with van der Waals surface area (Å²) >= 11 is 0. The molecule has 11 aromatic carbocycles. The van der Waals surface area contributed by atoms with Gasteiger partial charge in [0.15, 0.2) is 12.6 Å². The zero-order chi connectivity index (χ0) is 74.1. The first-order valence-electron chi connectivity index (χ1n) is 36.3. The topological polar surface area (TPSA) is 184 Å². The molecule has 0 radical (unpaired) electrons. The van der Waals surface area contributed by atoms with Crippen molar-refractivity contribution >= 4 is 11.9 Å². The van der Waals surface area contributed by atoms with Crippen LogP contribution in [0.4, 0.5) is 0 Å². The summed E-state index contributed by atoms with van der Waals surface area (Å²) in [5, 5.41) is 11.7. The maximum absolute atomic E-state index is 15.4. The molecule has 17 nitrogen and oxygen atoms in total. The summed E-state index contributed by atoms with van der Waals surface area (Å²) in [6, 6.07) is 93.9. The Morgan fingerprint density at radius 1 is 0.306 bits per heavy atom. The van der Waals surface area contributed by atoms with Gasteiger partial charge in [0.2, 0.25) is 0 Å². The summed E-state index contributed by atoms with van der Waals surface area (Å²) in [4.78, 5) is 30.1. The van der Waals surface area contributed by atoms with E-state index >= 15 is 4.79 Å². The van der Waals surface area contributed by atoms with Crippen molar-refractivity contribution in [3.63, 3.8) is 0 Å². The molecule has 2 heterocycles. The van der Waals surface area contributed by atoms with Gasteiger partial charge in [0.05, 0.1) is 39.6 Å². The van der Waals surface area contributed by atoms with Crippen molar-refractivity contribution in [1.29, 1.82) is 0 Å². The molecule has 0 spiro atoms. The second kappa shape index (κ2) is 38.6. The summed E-state index contributed by atoms with van der Waals surface area (Å²) < 4.78 is 97.0. The van der Waals surface area contributed by atoms with Gasteiger partial charge in [0.25, 0.3) is 0 Å². The lowest BCUT2D eigenvalue weighted by atomic mass is 9.96. The average molecular weight is 1450 g/mol. The van der Waals surface area contributed by atoms with Crippen LogP contribution in [0.3, 0.4) is 0 Å². The highest BCUT2D eigenvalue weighted by molar-refractivity contribution is 5.95. The summed E-state index contributed by atoms with van der Waals surface area (Å²) in [5.74, 6) is -0.805. The fourth-order valence-electron chi connectivity index (χ4n) is 13.1. The Labute approximate surface area is 630 Å². The monoisotopic (exact) mass is 1450 g/mol. The standard InChI is InChI=1S/C91H88O17/c1-63-48-74(95-52-65-30-12-3-13-31-65)50-76(92)80(63)88(93)104-61-78-82(98-55-68-36-18-6-19-37-68)84(100-57-70-40-22-8-23-41-70)86(102-59-72-44-26-10-27-45-72)90(106-78)108-91-87(103-60-73-46-28-11-29-47-73)85(101-58-71-42-24-9-25-43-71)83(99-56-69-38-20-7-21-39-69)79(107-91)62-105-89(94)81-64(2)49-75(96-53-66-32-14-4-15-33-66)51-77(81)97-54-67-34-16-5-17-35-67/h3-51,78-79,82-87,90-92H,52-62H2,1-2H3/t78?,79?,82-,83-,84?,85?,86?,87?,90-,91-/m1/s1. The predicted octanol–water partition coefficient (Wildman–Crippen LogP) is 16.7. The first-order chi connectivity index (χ1) is 53.1. The van der Waals surface area contributed by atoms with E-state index in [4.69, 9.17) is 66.3 Å². The smallest absolute Gasteiger partial charge is 0.342 e. The Balaban J connectivity index is 0.893. The quantitative estimate of drug-likeness (QED) is 0.0370. The summed E-state index contributed by atoms with van der Waals surface area (Å²) in [5.41, 5.74) is 8.85. The molecule has 17 heteroatoms. The number of esters is 2. The van der Waals surface area contributed by atoms with E-state index in [9.17, 15) is 9.90 Å². The highest BCUT2D eigenvalue weighted by Gasteiger charge is 2.55. The van der Waals surface area contributed by atoms with Gasteiger partial charge in [0.1, 0.15) is 116 Å². The van der Waals surface area contributed by atoms with Gasteiger partial charge in [-0.15, -0.1) is 0 Å². The number of aromatic hydroxyl groups is 1. The number of aryl methyl sites for hydroxylation is 2. The Morgan fingerprint density at radius 2 is 0.565 bits per heavy atom. The molecule has 0 amide bonds. The van der Waals surface area contributed by atoms with Crippen LogP contribution < -0.4 is 14.2 Å². The third-order valence-corrected chi connectivity index (χ3v) is 18.6. The number of rotatable bonds is 35. The van der Waals surface area contributed by atoms with Gasteiger partial charge in [-0.25, -0.2) is 9.59 Å². The number of phenols is 1. The molecule has 2 aliphatic rings. The molecule has 0 saturated carbocycles. The summed E-state index contributed by atoms with van der Waals surface area (Å²) in [7, 11) is 0. The van der Waals surface area contributed by atoms with Gasteiger partial charge in [-0.3, -0.25) is 0 Å². The first kappa shape index (κ1) is 75.4. The van der Waals surface area contributed by atoms with E-state index in [0.717, 1.165) is 50.1 Å². The molecule has 13 rings (SSSR count). The fraction of sp³-hybridized carbons (Fsp3) is 0.253. The van der Waals surface area contributed by atoms with Crippen molar-refractivity contribution in [3.05, 3.63) is 370 Å². The van der Waals surface area contributed by atoms with E-state index < -0.39 is 86.6 Å². The minimum absolute atomic E-state index is 0.0431. The number of phenolic OH excluding ortho intramolecular Hbond substituents is 1. The van der Waals surface area contributed by atoms with Gasteiger partial charge in [0, 0.05) is 12.1 Å². The van der Waals surface area contributed by atoms with Crippen LogP contribution in [0.25, 0.3) is 0 Å². The van der Waals surface area contributed by atoms with E-state index in [2.05, 4.69) is 0 Å². The lowest BCUT2D eigenvalue weighted by Gasteiger charge is -2.49. The van der Waals surface area contributed by atoms with Crippen LogP contribution in [0.2, 0.25) is 0 Å². The summed E-state index contributed by atoms with van der Waals surface area (Å²) in [6.45, 7) is 3.67. The lowest BCUT2D eigenvalue weighted by molar-refractivity contribution is -0.393. The second-order valence-electron chi connectivity index (χ2n) is 26.6. The molecule has 2 saturated heterocycles. The van der Waals surface area contributed by atoms with Crippen molar-refractivity contribution < 1.29 is 81.0 Å². The predicted molar refractivity (Wildman–Crippen MR) is 405 cm³/mol. The molecule has 6 unspecified atom stereocenters. The van der Waals surface area contributed by atoms with E-state index in [1.165, 1.54) is 6.07 Å². The minimum Gasteiger partial charge on any atom is -0.507 e. The molecule has 0 bridgehead atoms. The van der Waals surface area contributed by atoms with Gasteiger partial charge in [-0.05, 0) is 87.2 Å². The molecule has 108 heavy (non-hydrogen) atoms. The van der Waals surface area contributed by atoms with E-state index in [0.29, 0.717) is 22.6 Å². The third kappa shape index (κ3) is 21.1. The van der Waals surface area contributed by atoms with Gasteiger partial charge in [-0.1, -0.05) is 273 Å². The Hall–Kier alpha value is -10.8. The molecule has 2 fully saturated rings. The van der Waals surface area contributed by atoms with Crippen LogP contribution in [0.1, 0.15) is 81.9 Å². The van der Waals surface area contributed by atoms with Crippen LogP contribution in [0.5, 0.6) is 23.0 Å². The minimum atomic E-state index is -1.48. The Morgan fingerprint density at radius 3 is 0.880 bits per heavy atom. The van der Waals surface area contributed by atoms with Crippen molar-refractivity contribution in [2.24, 2.45) is 0 Å². The highest BCUT2D eigenvalue weighted by atomic mass is 16.8. The number of carbonyl (C=O) groups excluding carboxylic acids is 2. The highest BCUT2D eigenvalue weighted by Crippen LogP contribution is 2.39. The Bertz CT molecular complexity index is 4510. The normalized spacial score (nSPS) is 19.7. The number of benzene rings is 11. The maximum Gasteiger partial charge on any atom is 0.342 e. The molecule has 10 atom stereocenters. The molecular formula is C91H88O17. The van der Waals surface area contributed by atoms with Gasteiger partial charge in [-0.2, -0.15) is 0 Å². The van der Waals surface area contributed by atoms with Gasteiger partial charge >= 0.3 is 11.9 Å². The van der Waals surface area contributed by atoms with Crippen molar-refractivity contribution in [1.82, 2.24) is 0 Å². The number of ether oxygens (including phenoxy) is 14. The van der Waals surface area contributed by atoms with Crippen molar-refractivity contribution in [2.45, 2.75) is 135 Å². The van der Waals surface area contributed by atoms with Crippen LogP contribution in [0, 0.1) is 13.8 Å². The molecule has 554 valence electrons. The SMILES string of the molecule is Cc1cc(OCc2ccccc2)cc(O)c1C(=O)OCC1O[C@H](O[C@H]2OC(COC(=O)c3c(C)cc(OCc4ccccc4)cc3OCc3ccccc3)[C@@H](OCc3ccccc3)C(OCc3ccccc3)C2OCc2ccccc2)C(OCc2ccccc2)C(OCc2ccccc2)[C@@H]1OCc1ccccc1. The number of hydrogen-bond donors (Lipinski definition) is 1. The molecule has 1 N–H and O–H groups in total. The lowest BCUT2D eigenvalue weighted by Crippen LogP contribution is -2.66.